The average Bonchev–Trinajstić information content (AvgIpc) is 2.34. The topological polar surface area (TPSA) is 58.4 Å². The van der Waals surface area contributed by atoms with E-state index in [1.807, 2.05) is 0 Å². The Morgan fingerprint density at radius 3 is 2.32 bits per heavy atom. The van der Waals surface area contributed by atoms with Crippen molar-refractivity contribution in [3.05, 3.63) is 0 Å². The molecule has 2 fully saturated rings. The number of hydrazine groups is 1. The molecule has 2 atom stereocenters. The van der Waals surface area contributed by atoms with Gasteiger partial charge in [0.15, 0.2) is 0 Å². The predicted molar refractivity (Wildman–Crippen MR) is 77.4 cm³/mol. The van der Waals surface area contributed by atoms with Crippen LogP contribution in [-0.4, -0.2) is 28.5 Å². The summed E-state index contributed by atoms with van der Waals surface area (Å²) in [6.45, 7) is 4.38. The maximum atomic E-state index is 12.2. The number of hydrogen-bond donors (Lipinski definition) is 2. The van der Waals surface area contributed by atoms with Crippen LogP contribution >= 0.6 is 0 Å². The van der Waals surface area contributed by atoms with E-state index in [1.54, 1.807) is 0 Å². The third-order valence-corrected chi connectivity index (χ3v) is 4.81. The summed E-state index contributed by atoms with van der Waals surface area (Å²) in [5, 5.41) is 2.14. The standard InChI is InChI=1S/C15H29N3O/c1-12-7-6-8-13(2)18(12)17-14(19)11-15(16)9-4-3-5-10-15/h12-13H,3-11,16H2,1-2H3,(H,17,19). The smallest absolute Gasteiger partial charge is 0.236 e. The first-order valence-corrected chi connectivity index (χ1v) is 7.87. The molecule has 110 valence electrons. The molecule has 19 heavy (non-hydrogen) atoms. The highest BCUT2D eigenvalue weighted by atomic mass is 16.2. The van der Waals surface area contributed by atoms with Crippen LogP contribution in [0.5, 0.6) is 0 Å². The molecule has 0 aromatic heterocycles. The van der Waals surface area contributed by atoms with Crippen molar-refractivity contribution in [2.24, 2.45) is 5.73 Å². The van der Waals surface area contributed by atoms with Gasteiger partial charge >= 0.3 is 0 Å². The minimum Gasteiger partial charge on any atom is -0.325 e. The van der Waals surface area contributed by atoms with Gasteiger partial charge in [-0.1, -0.05) is 25.7 Å². The SMILES string of the molecule is CC1CCCC(C)N1NC(=O)CC1(N)CCCCC1. The van der Waals surface area contributed by atoms with Gasteiger partial charge in [0.25, 0.3) is 0 Å². The molecular weight excluding hydrogens is 238 g/mol. The zero-order valence-corrected chi connectivity index (χ0v) is 12.5. The van der Waals surface area contributed by atoms with E-state index in [4.69, 9.17) is 5.73 Å². The Labute approximate surface area is 117 Å². The molecule has 2 aliphatic rings. The molecule has 2 rings (SSSR count). The fourth-order valence-corrected chi connectivity index (χ4v) is 3.58. The van der Waals surface area contributed by atoms with Gasteiger partial charge < -0.3 is 5.73 Å². The normalized spacial score (nSPS) is 31.9. The van der Waals surface area contributed by atoms with Gasteiger partial charge in [-0.05, 0) is 39.5 Å². The molecule has 1 amide bonds. The third kappa shape index (κ3) is 3.93. The zero-order chi connectivity index (χ0) is 13.9. The van der Waals surface area contributed by atoms with Crippen molar-refractivity contribution in [1.29, 1.82) is 0 Å². The number of hydrogen-bond acceptors (Lipinski definition) is 3. The first-order chi connectivity index (χ1) is 9.00. The number of nitrogens with one attached hydrogen (secondary N) is 1. The van der Waals surface area contributed by atoms with E-state index in [-0.39, 0.29) is 11.4 Å². The van der Waals surface area contributed by atoms with Crippen LogP contribution in [0.4, 0.5) is 0 Å². The van der Waals surface area contributed by atoms with Gasteiger partial charge in [-0.3, -0.25) is 10.2 Å². The number of piperidine rings is 1. The molecular formula is C15H29N3O. The van der Waals surface area contributed by atoms with Crippen LogP contribution in [0.1, 0.15) is 71.6 Å². The van der Waals surface area contributed by atoms with E-state index in [0.29, 0.717) is 18.5 Å². The largest absolute Gasteiger partial charge is 0.325 e. The lowest BCUT2D eigenvalue weighted by Crippen LogP contribution is -2.56. The highest BCUT2D eigenvalue weighted by molar-refractivity contribution is 5.76. The number of rotatable bonds is 3. The highest BCUT2D eigenvalue weighted by Crippen LogP contribution is 2.29. The maximum absolute atomic E-state index is 12.2. The van der Waals surface area contributed by atoms with E-state index >= 15 is 0 Å². The highest BCUT2D eigenvalue weighted by Gasteiger charge is 2.32. The Kier molecular flexibility index (Phi) is 4.85. The van der Waals surface area contributed by atoms with Gasteiger partial charge in [0.1, 0.15) is 0 Å². The van der Waals surface area contributed by atoms with Gasteiger partial charge in [0.2, 0.25) is 5.91 Å². The Bertz CT molecular complexity index is 303. The second-order valence-corrected chi connectivity index (χ2v) is 6.67. The second kappa shape index (κ2) is 6.23. The van der Waals surface area contributed by atoms with Gasteiger partial charge in [-0.2, -0.15) is 0 Å². The van der Waals surface area contributed by atoms with Crippen molar-refractivity contribution in [2.45, 2.75) is 89.3 Å². The van der Waals surface area contributed by atoms with Crippen LogP contribution in [0.3, 0.4) is 0 Å². The van der Waals surface area contributed by atoms with Gasteiger partial charge in [-0.25, -0.2) is 5.01 Å². The predicted octanol–water partition coefficient (Wildman–Crippen LogP) is 2.33. The van der Waals surface area contributed by atoms with Crippen molar-refractivity contribution in [3.8, 4) is 0 Å². The summed E-state index contributed by atoms with van der Waals surface area (Å²) in [6.07, 6.45) is 9.65. The fourth-order valence-electron chi connectivity index (χ4n) is 3.58. The maximum Gasteiger partial charge on any atom is 0.236 e. The Hall–Kier alpha value is -0.610. The van der Waals surface area contributed by atoms with E-state index in [9.17, 15) is 4.79 Å². The summed E-state index contributed by atoms with van der Waals surface area (Å²) in [6, 6.07) is 0.876. The molecule has 1 aliphatic carbocycles. The number of nitrogens with two attached hydrogens (primary N) is 1. The first-order valence-electron chi connectivity index (χ1n) is 7.87. The van der Waals surface area contributed by atoms with Crippen molar-refractivity contribution >= 4 is 5.91 Å². The summed E-state index contributed by atoms with van der Waals surface area (Å²) < 4.78 is 0. The van der Waals surface area contributed by atoms with Crippen LogP contribution in [-0.2, 0) is 4.79 Å². The van der Waals surface area contributed by atoms with Crippen molar-refractivity contribution in [1.82, 2.24) is 10.4 Å². The Morgan fingerprint density at radius 1 is 1.16 bits per heavy atom. The Balaban J connectivity index is 1.86. The van der Waals surface area contributed by atoms with Crippen LogP contribution in [0.2, 0.25) is 0 Å². The molecule has 0 bridgehead atoms. The molecule has 4 nitrogen and oxygen atoms in total. The minimum atomic E-state index is -0.259. The van der Waals surface area contributed by atoms with Gasteiger partial charge in [0, 0.05) is 24.0 Å². The number of carbonyl (C=O) groups excluding carboxylic acids is 1. The van der Waals surface area contributed by atoms with Crippen LogP contribution in [0.25, 0.3) is 0 Å². The van der Waals surface area contributed by atoms with Crippen molar-refractivity contribution in [3.63, 3.8) is 0 Å². The van der Waals surface area contributed by atoms with E-state index in [0.717, 1.165) is 12.8 Å². The lowest BCUT2D eigenvalue weighted by atomic mass is 9.80. The Morgan fingerprint density at radius 2 is 1.74 bits per heavy atom. The number of nitrogens with zero attached hydrogens (tertiary/aromatic N) is 1. The molecule has 1 saturated heterocycles. The van der Waals surface area contributed by atoms with E-state index in [1.165, 1.54) is 38.5 Å². The van der Waals surface area contributed by atoms with Gasteiger partial charge in [-0.15, -0.1) is 0 Å². The molecule has 3 N–H and O–H groups in total. The summed E-state index contributed by atoms with van der Waals surface area (Å²) in [4.78, 5) is 12.2. The second-order valence-electron chi connectivity index (χ2n) is 6.67. The quantitative estimate of drug-likeness (QED) is 0.825. The average molecular weight is 267 g/mol. The van der Waals surface area contributed by atoms with E-state index in [2.05, 4.69) is 24.3 Å². The molecule has 0 radical (unpaired) electrons. The van der Waals surface area contributed by atoms with Gasteiger partial charge in [0.05, 0.1) is 0 Å². The third-order valence-electron chi connectivity index (χ3n) is 4.81. The lowest BCUT2D eigenvalue weighted by molar-refractivity contribution is -0.130. The molecule has 0 aromatic carbocycles. The number of carbonyl (C=O) groups is 1. The summed E-state index contributed by atoms with van der Waals surface area (Å²) in [5.41, 5.74) is 9.20. The molecule has 0 aromatic rings. The summed E-state index contributed by atoms with van der Waals surface area (Å²) in [7, 11) is 0. The molecule has 0 spiro atoms. The molecule has 1 saturated carbocycles. The fraction of sp³-hybridized carbons (Fsp3) is 0.933. The lowest BCUT2D eigenvalue weighted by Gasteiger charge is -2.40. The monoisotopic (exact) mass is 267 g/mol. The van der Waals surface area contributed by atoms with Crippen molar-refractivity contribution < 1.29 is 4.79 Å². The molecule has 2 unspecified atom stereocenters. The summed E-state index contributed by atoms with van der Waals surface area (Å²) in [5.74, 6) is 0.102. The number of amides is 1. The summed E-state index contributed by atoms with van der Waals surface area (Å²) >= 11 is 0. The van der Waals surface area contributed by atoms with Crippen LogP contribution < -0.4 is 11.2 Å². The minimum absolute atomic E-state index is 0.102. The zero-order valence-electron chi connectivity index (χ0n) is 12.5. The van der Waals surface area contributed by atoms with Crippen LogP contribution in [0.15, 0.2) is 0 Å². The first kappa shape index (κ1) is 14.8. The van der Waals surface area contributed by atoms with Crippen molar-refractivity contribution in [2.75, 3.05) is 0 Å². The molecule has 4 heteroatoms. The molecule has 1 aliphatic heterocycles. The van der Waals surface area contributed by atoms with Crippen LogP contribution in [0, 0.1) is 0 Å². The molecule has 1 heterocycles. The van der Waals surface area contributed by atoms with E-state index < -0.39 is 0 Å².